The maximum atomic E-state index is 13.7. The second kappa shape index (κ2) is 6.88. The molecule has 0 aliphatic carbocycles. The van der Waals surface area contributed by atoms with Gasteiger partial charge in [0.05, 0.1) is 16.3 Å². The Balaban J connectivity index is 1.82. The van der Waals surface area contributed by atoms with Crippen LogP contribution in [0.5, 0.6) is 0 Å². The van der Waals surface area contributed by atoms with Crippen LogP contribution in [0.25, 0.3) is 16.9 Å². The van der Waals surface area contributed by atoms with Crippen molar-refractivity contribution < 1.29 is 12.8 Å². The minimum Gasteiger partial charge on any atom is -0.277 e. The third kappa shape index (κ3) is 3.32. The predicted octanol–water partition coefficient (Wildman–Crippen LogP) is 2.20. The summed E-state index contributed by atoms with van der Waals surface area (Å²) in [6.07, 6.45) is 1.57. The molecule has 4 aromatic rings. The summed E-state index contributed by atoms with van der Waals surface area (Å²) >= 11 is 6.09. The molecule has 7 nitrogen and oxygen atoms in total. The number of nitrogens with zero attached hydrogens (tertiary/aromatic N) is 4. The van der Waals surface area contributed by atoms with E-state index < -0.39 is 15.8 Å². The fraction of sp³-hybridized carbons (Fsp3) is 0. The van der Waals surface area contributed by atoms with Gasteiger partial charge in [-0.3, -0.25) is 4.72 Å². The maximum absolute atomic E-state index is 13.7. The van der Waals surface area contributed by atoms with Gasteiger partial charge in [0.2, 0.25) is 5.65 Å². The second-order valence-electron chi connectivity index (χ2n) is 5.80. The number of nitrogens with one attached hydrogen (secondary N) is 1. The molecule has 11 heteroatoms. The van der Waals surface area contributed by atoms with E-state index in [4.69, 9.17) is 19.4 Å². The lowest BCUT2D eigenvalue weighted by Gasteiger charge is -2.13. The second-order valence-corrected chi connectivity index (χ2v) is 7.92. The summed E-state index contributed by atoms with van der Waals surface area (Å²) < 4.78 is 43.0. The van der Waals surface area contributed by atoms with Crippen molar-refractivity contribution >= 4 is 51.8 Å². The summed E-state index contributed by atoms with van der Waals surface area (Å²) in [6.45, 7) is 0. The third-order valence-electron chi connectivity index (χ3n) is 3.94. The topological polar surface area (TPSA) is 89.8 Å². The van der Waals surface area contributed by atoms with Crippen LogP contribution in [0.4, 0.5) is 10.1 Å². The zero-order valence-corrected chi connectivity index (χ0v) is 15.6. The van der Waals surface area contributed by atoms with Gasteiger partial charge in [-0.05, 0) is 42.5 Å². The molecule has 0 unspecified atom stereocenters. The molecule has 138 valence electrons. The smallest absolute Gasteiger partial charge is 0.262 e. The summed E-state index contributed by atoms with van der Waals surface area (Å²) in [4.78, 5) is 3.83. The third-order valence-corrected chi connectivity index (χ3v) is 5.54. The molecule has 2 aromatic carbocycles. The molecule has 0 bridgehead atoms. The first kappa shape index (κ1) is 18.4. The minimum absolute atomic E-state index is 0.146. The van der Waals surface area contributed by atoms with Crippen LogP contribution < -0.4 is 10.2 Å². The number of rotatable bonds is 4. The summed E-state index contributed by atoms with van der Waals surface area (Å²) in [5.74, 6) is -0.826. The number of sulfonamides is 1. The first-order chi connectivity index (χ1) is 13.3. The molecule has 2 radical (unpaired) electrons. The number of hydrogen-bond acceptors (Lipinski definition) is 5. The van der Waals surface area contributed by atoms with Crippen molar-refractivity contribution in [3.63, 3.8) is 0 Å². The highest BCUT2D eigenvalue weighted by atomic mass is 35.5. The molecule has 0 fully saturated rings. The molecule has 0 aliphatic heterocycles. The first-order valence-corrected chi connectivity index (χ1v) is 9.75. The Hall–Kier alpha value is -2.98. The highest BCUT2D eigenvalue weighted by Gasteiger charge is 2.19. The standard InChI is InChI=1S/C17H10BClFN5O2S/c18-12-5-4-11(9-13(12)20)28(26,27)23-14-6-3-10(19)8-16(14)25-15-2-1-7-21-17(15)22-24-25/h1-9,23H. The lowest BCUT2D eigenvalue weighted by atomic mass is 9.96. The quantitative estimate of drug-likeness (QED) is 0.518. The lowest BCUT2D eigenvalue weighted by molar-refractivity contribution is 0.596. The molecule has 0 saturated carbocycles. The van der Waals surface area contributed by atoms with Gasteiger partial charge in [0.25, 0.3) is 10.0 Å². The Labute approximate surface area is 165 Å². The van der Waals surface area contributed by atoms with E-state index in [1.807, 2.05) is 0 Å². The van der Waals surface area contributed by atoms with Gasteiger partial charge in [-0.1, -0.05) is 28.3 Å². The number of aromatic nitrogens is 4. The average molecular weight is 414 g/mol. The van der Waals surface area contributed by atoms with Gasteiger partial charge >= 0.3 is 0 Å². The van der Waals surface area contributed by atoms with Crippen molar-refractivity contribution in [2.24, 2.45) is 0 Å². The van der Waals surface area contributed by atoms with Gasteiger partial charge in [-0.15, -0.1) is 5.10 Å². The Bertz CT molecular complexity index is 1310. The number of fused-ring (bicyclic) bond motifs is 1. The van der Waals surface area contributed by atoms with E-state index in [2.05, 4.69) is 20.0 Å². The summed E-state index contributed by atoms with van der Waals surface area (Å²) in [6, 6.07) is 11.2. The number of anilines is 1. The van der Waals surface area contributed by atoms with E-state index in [1.165, 1.54) is 35.0 Å². The zero-order valence-electron chi connectivity index (χ0n) is 14.0. The molecule has 28 heavy (non-hydrogen) atoms. The van der Waals surface area contributed by atoms with Crippen molar-refractivity contribution in [3.05, 3.63) is 65.6 Å². The summed E-state index contributed by atoms with van der Waals surface area (Å²) in [7, 11) is 1.31. The van der Waals surface area contributed by atoms with Crippen LogP contribution in [-0.4, -0.2) is 36.2 Å². The first-order valence-electron chi connectivity index (χ1n) is 7.89. The fourth-order valence-corrected chi connectivity index (χ4v) is 3.84. The van der Waals surface area contributed by atoms with Crippen LogP contribution in [0.3, 0.4) is 0 Å². The number of pyridine rings is 1. The molecule has 0 amide bonds. The van der Waals surface area contributed by atoms with E-state index in [-0.39, 0.29) is 16.0 Å². The molecule has 0 aliphatic rings. The van der Waals surface area contributed by atoms with Gasteiger partial charge in [0, 0.05) is 11.2 Å². The van der Waals surface area contributed by atoms with E-state index in [1.54, 1.807) is 18.3 Å². The van der Waals surface area contributed by atoms with Crippen molar-refractivity contribution in [2.75, 3.05) is 4.72 Å². The highest BCUT2D eigenvalue weighted by molar-refractivity contribution is 7.92. The van der Waals surface area contributed by atoms with Gasteiger partial charge in [0.1, 0.15) is 19.2 Å². The van der Waals surface area contributed by atoms with Gasteiger partial charge in [-0.25, -0.2) is 22.5 Å². The molecule has 2 heterocycles. The Morgan fingerprint density at radius 2 is 1.96 bits per heavy atom. The van der Waals surface area contributed by atoms with Gasteiger partial charge in [-0.2, -0.15) is 0 Å². The molecular weight excluding hydrogens is 404 g/mol. The van der Waals surface area contributed by atoms with Crippen LogP contribution in [-0.2, 0) is 10.0 Å². The molecule has 2 aromatic heterocycles. The molecular formula is C17H10BClFN5O2S. The van der Waals surface area contributed by atoms with Gasteiger partial charge in [0.15, 0.2) is 0 Å². The number of halogens is 2. The minimum atomic E-state index is -4.10. The molecule has 4 rings (SSSR count). The van der Waals surface area contributed by atoms with Crippen molar-refractivity contribution in [1.29, 1.82) is 0 Å². The molecule has 0 saturated heterocycles. The monoisotopic (exact) mass is 413 g/mol. The van der Waals surface area contributed by atoms with Crippen LogP contribution >= 0.6 is 11.6 Å². The van der Waals surface area contributed by atoms with Crippen LogP contribution in [0.2, 0.25) is 5.02 Å². The van der Waals surface area contributed by atoms with Crippen LogP contribution in [0.1, 0.15) is 0 Å². The average Bonchev–Trinajstić information content (AvgIpc) is 3.09. The SMILES string of the molecule is [B]c1ccc(S(=O)(=O)Nc2ccc(Cl)cc2-n2nnc3ncccc32)cc1F. The largest absolute Gasteiger partial charge is 0.277 e. The highest BCUT2D eigenvalue weighted by Crippen LogP contribution is 2.28. The van der Waals surface area contributed by atoms with Crippen molar-refractivity contribution in [3.8, 4) is 5.69 Å². The lowest BCUT2D eigenvalue weighted by Crippen LogP contribution is -2.17. The number of benzene rings is 2. The fourth-order valence-electron chi connectivity index (χ4n) is 2.59. The van der Waals surface area contributed by atoms with E-state index in [0.717, 1.165) is 6.07 Å². The van der Waals surface area contributed by atoms with E-state index in [9.17, 15) is 12.8 Å². The van der Waals surface area contributed by atoms with E-state index >= 15 is 0 Å². The Morgan fingerprint density at radius 1 is 1.14 bits per heavy atom. The zero-order chi connectivity index (χ0) is 19.9. The van der Waals surface area contributed by atoms with Crippen molar-refractivity contribution in [2.45, 2.75) is 4.90 Å². The molecule has 0 spiro atoms. The predicted molar refractivity (Wildman–Crippen MR) is 104 cm³/mol. The van der Waals surface area contributed by atoms with Crippen molar-refractivity contribution in [1.82, 2.24) is 20.0 Å². The van der Waals surface area contributed by atoms with Gasteiger partial charge < -0.3 is 0 Å². The summed E-state index contributed by atoms with van der Waals surface area (Å²) in [5, 5.41) is 8.35. The van der Waals surface area contributed by atoms with E-state index in [0.29, 0.717) is 21.9 Å². The number of hydrogen-bond donors (Lipinski definition) is 1. The van der Waals surface area contributed by atoms with Crippen LogP contribution in [0, 0.1) is 5.82 Å². The van der Waals surface area contributed by atoms with Crippen LogP contribution in [0.15, 0.2) is 59.6 Å². The Morgan fingerprint density at radius 3 is 2.75 bits per heavy atom. The molecule has 0 atom stereocenters. The Kier molecular flexibility index (Phi) is 4.52. The maximum Gasteiger partial charge on any atom is 0.262 e. The normalized spacial score (nSPS) is 11.6. The molecule has 1 N–H and O–H groups in total. The summed E-state index contributed by atoms with van der Waals surface area (Å²) in [5.41, 5.74) is 1.31.